The zero-order chi connectivity index (χ0) is 55.9. The fourth-order valence-electron chi connectivity index (χ4n) is 10.1. The quantitative estimate of drug-likeness (QED) is 0.0320. The van der Waals surface area contributed by atoms with E-state index in [0.717, 1.165) is 40.0 Å². The Morgan fingerprint density at radius 3 is 2.15 bits per heavy atom. The number of hydrogen-bond acceptors (Lipinski definition) is 13. The molecule has 6 amide bonds. The molecule has 0 bridgehead atoms. The molecule has 416 valence electrons. The van der Waals surface area contributed by atoms with Crippen LogP contribution in [-0.4, -0.2) is 124 Å². The highest BCUT2D eigenvalue weighted by atomic mass is 16.5. The van der Waals surface area contributed by atoms with E-state index in [0.29, 0.717) is 101 Å². The van der Waals surface area contributed by atoms with Gasteiger partial charge in [0.05, 0.1) is 31.3 Å². The summed E-state index contributed by atoms with van der Waals surface area (Å²) in [5.74, 6) is -1.80. The fraction of sp³-hybridized carbons (Fsp3) is 0.450. The summed E-state index contributed by atoms with van der Waals surface area (Å²) < 4.78 is 34.7. The molecule has 0 radical (unpaired) electrons. The van der Waals surface area contributed by atoms with Gasteiger partial charge in [-0.3, -0.25) is 33.7 Å². The van der Waals surface area contributed by atoms with Gasteiger partial charge in [0, 0.05) is 38.5 Å². The first-order valence-corrected chi connectivity index (χ1v) is 26.9. The number of ether oxygens (including phenoxy) is 6. The molecule has 0 aromatic heterocycles. The van der Waals surface area contributed by atoms with E-state index in [2.05, 4.69) is 54.6 Å². The Kier molecular flexibility index (Phi) is 20.5. The number of methoxy groups -OCH3 is 2. The number of benzene rings is 4. The molecule has 4 aromatic rings. The van der Waals surface area contributed by atoms with Gasteiger partial charge in [-0.2, -0.15) is 0 Å². The van der Waals surface area contributed by atoms with Crippen molar-refractivity contribution in [3.05, 3.63) is 130 Å². The van der Waals surface area contributed by atoms with E-state index in [1.165, 1.54) is 23.3 Å². The Hall–Kier alpha value is -7.73. The molecule has 3 heterocycles. The molecule has 4 atom stereocenters. The highest BCUT2D eigenvalue weighted by Crippen LogP contribution is 2.38. The van der Waals surface area contributed by atoms with E-state index in [-0.39, 0.29) is 41.7 Å². The minimum Gasteiger partial charge on any atom is -0.493 e. The van der Waals surface area contributed by atoms with Gasteiger partial charge in [-0.15, -0.1) is 0 Å². The molecule has 18 nitrogen and oxygen atoms in total. The summed E-state index contributed by atoms with van der Waals surface area (Å²) in [5.41, 5.74) is 6.57. The maximum atomic E-state index is 14.4. The van der Waals surface area contributed by atoms with Gasteiger partial charge in [0.1, 0.15) is 29.7 Å². The normalized spacial score (nSPS) is 16.9. The number of rotatable bonds is 26. The predicted octanol–water partition coefficient (Wildman–Crippen LogP) is 7.30. The molecule has 0 aliphatic carbocycles. The number of nitrogens with one attached hydrogen (secondary N) is 3. The highest BCUT2D eigenvalue weighted by Gasteiger charge is 2.45. The summed E-state index contributed by atoms with van der Waals surface area (Å²) in [6.45, 7) is 13.0. The first-order valence-electron chi connectivity index (χ1n) is 26.9. The Balaban J connectivity index is 0.831. The standard InChI is InChI=1S/C60H73N5O13/c1-8-45(43-33-39(4)55(74-7)51(34-43)73-6)57(69)64-29-10-9-15-48(64)60(72)78-49(26-20-41-19-17-37(2)38(3)32-41)42-21-23-44(24-22-42)76-35-52(66)61-27-12-30-75-31-13-28-62-53(67)36-77-50-16-11-14-46-54(50)59(71)65(58(46)70)47-25-18-40(5)63-56(47)68/h11,14,16-17,19,21-24,32-34,45,47-49H,5,8-10,12-13,15,18,20,25-31,35-36H2,1-4,6-7H3,(H,61,66)(H,62,67)(H,63,68)/t45-,47?,48-,49+/m0/s1. The number of allylic oxidation sites excluding steroid dienone is 1. The zero-order valence-electron chi connectivity index (χ0n) is 45.7. The van der Waals surface area contributed by atoms with E-state index in [1.807, 2.05) is 38.1 Å². The average molecular weight is 1070 g/mol. The number of carbonyl (C=O) groups is 7. The SMILES string of the molecule is C=C1CCC(N2C(=O)c3cccc(OCC(=O)NCCCOCCCNC(=O)COc4ccc([C@@H](CCc5ccc(C)c(C)c5)OC(=O)[C@@H]5CCCCN5C(=O)[C@@H](CC)c5cc(C)c(OC)c(OC)c5)cc4)c3C2=O)C(=O)N1. The van der Waals surface area contributed by atoms with Crippen LogP contribution in [0.3, 0.4) is 0 Å². The number of amides is 6. The second kappa shape index (κ2) is 27.5. The smallest absolute Gasteiger partial charge is 0.329 e. The number of imide groups is 1. The van der Waals surface area contributed by atoms with E-state index in [4.69, 9.17) is 28.4 Å². The molecule has 3 N–H and O–H groups in total. The average Bonchev–Trinajstić information content (AvgIpc) is 3.81. The molecule has 7 rings (SSSR count). The van der Waals surface area contributed by atoms with Crippen LogP contribution >= 0.6 is 0 Å². The minimum absolute atomic E-state index is 0.0195. The van der Waals surface area contributed by atoms with Crippen molar-refractivity contribution >= 4 is 41.4 Å². The van der Waals surface area contributed by atoms with Crippen molar-refractivity contribution in [2.45, 2.75) is 116 Å². The second-order valence-electron chi connectivity index (χ2n) is 19.9. The summed E-state index contributed by atoms with van der Waals surface area (Å²) in [4.78, 5) is 95.7. The van der Waals surface area contributed by atoms with Gasteiger partial charge in [0.25, 0.3) is 23.6 Å². The number of nitrogens with zero attached hydrogens (tertiary/aromatic N) is 2. The number of hydrogen-bond donors (Lipinski definition) is 3. The predicted molar refractivity (Wildman–Crippen MR) is 290 cm³/mol. The zero-order valence-corrected chi connectivity index (χ0v) is 45.7. The molecule has 78 heavy (non-hydrogen) atoms. The van der Waals surface area contributed by atoms with Crippen molar-refractivity contribution in [2.24, 2.45) is 0 Å². The molecular weight excluding hydrogens is 999 g/mol. The van der Waals surface area contributed by atoms with Crippen molar-refractivity contribution in [1.29, 1.82) is 0 Å². The van der Waals surface area contributed by atoms with E-state index >= 15 is 0 Å². The number of fused-ring (bicyclic) bond motifs is 1. The van der Waals surface area contributed by atoms with Crippen LogP contribution in [0.2, 0.25) is 0 Å². The van der Waals surface area contributed by atoms with Crippen molar-refractivity contribution in [2.75, 3.05) is 60.3 Å². The lowest BCUT2D eigenvalue weighted by Gasteiger charge is -2.37. The highest BCUT2D eigenvalue weighted by molar-refractivity contribution is 6.24. The monoisotopic (exact) mass is 1070 g/mol. The third-order valence-electron chi connectivity index (χ3n) is 14.5. The van der Waals surface area contributed by atoms with E-state index in [9.17, 15) is 33.6 Å². The van der Waals surface area contributed by atoms with Crippen LogP contribution in [0.4, 0.5) is 0 Å². The summed E-state index contributed by atoms with van der Waals surface area (Å²) in [5, 5.41) is 8.18. The molecule has 3 aliphatic rings. The lowest BCUT2D eigenvalue weighted by molar-refractivity contribution is -0.162. The minimum atomic E-state index is -0.963. The van der Waals surface area contributed by atoms with E-state index < -0.39 is 60.3 Å². The van der Waals surface area contributed by atoms with Gasteiger partial charge in [-0.25, -0.2) is 4.79 Å². The van der Waals surface area contributed by atoms with Crippen LogP contribution in [-0.2, 0) is 39.9 Å². The third-order valence-corrected chi connectivity index (χ3v) is 14.5. The van der Waals surface area contributed by atoms with Crippen LogP contribution in [0.1, 0.15) is 131 Å². The largest absolute Gasteiger partial charge is 0.493 e. The summed E-state index contributed by atoms with van der Waals surface area (Å²) in [7, 11) is 3.16. The summed E-state index contributed by atoms with van der Waals surface area (Å²) in [6.07, 6.45) is 4.91. The third kappa shape index (κ3) is 14.4. The van der Waals surface area contributed by atoms with Gasteiger partial charge in [0.2, 0.25) is 11.8 Å². The second-order valence-corrected chi connectivity index (χ2v) is 19.9. The Bertz CT molecular complexity index is 2850. The number of likely N-dealkylation sites (tertiary alicyclic amines) is 1. The lowest BCUT2D eigenvalue weighted by Crippen LogP contribution is -2.51. The first kappa shape index (κ1) is 58.0. The van der Waals surface area contributed by atoms with Crippen molar-refractivity contribution in [3.63, 3.8) is 0 Å². The maximum absolute atomic E-state index is 14.4. The summed E-state index contributed by atoms with van der Waals surface area (Å²) in [6, 6.07) is 20.2. The number of carbonyl (C=O) groups excluding carboxylic acids is 7. The topological polar surface area (TPSA) is 217 Å². The molecule has 1 unspecified atom stereocenters. The maximum Gasteiger partial charge on any atom is 0.329 e. The van der Waals surface area contributed by atoms with Gasteiger partial charge >= 0.3 is 5.97 Å². The Morgan fingerprint density at radius 1 is 0.769 bits per heavy atom. The summed E-state index contributed by atoms with van der Waals surface area (Å²) >= 11 is 0. The number of piperidine rings is 2. The molecule has 4 aromatic carbocycles. The van der Waals surface area contributed by atoms with Gasteiger partial charge in [-0.05, 0) is 149 Å². The Labute approximate surface area is 456 Å². The molecule has 3 aliphatic heterocycles. The van der Waals surface area contributed by atoms with Crippen molar-refractivity contribution in [3.8, 4) is 23.0 Å². The van der Waals surface area contributed by atoms with E-state index in [1.54, 1.807) is 37.3 Å². The van der Waals surface area contributed by atoms with Gasteiger partial charge in [-0.1, -0.05) is 56.0 Å². The van der Waals surface area contributed by atoms with Crippen LogP contribution in [0, 0.1) is 20.8 Å². The van der Waals surface area contributed by atoms with Crippen LogP contribution < -0.4 is 34.9 Å². The molecule has 18 heteroatoms. The molecule has 2 fully saturated rings. The Morgan fingerprint density at radius 2 is 1.49 bits per heavy atom. The van der Waals surface area contributed by atoms with Crippen molar-refractivity contribution in [1.82, 2.24) is 25.8 Å². The van der Waals surface area contributed by atoms with Crippen LogP contribution in [0.25, 0.3) is 0 Å². The number of aryl methyl sites for hydroxylation is 4. The van der Waals surface area contributed by atoms with Crippen LogP contribution in [0.5, 0.6) is 23.0 Å². The molecular formula is C60H73N5O13. The lowest BCUT2D eigenvalue weighted by atomic mass is 9.91. The molecule has 0 saturated carbocycles. The first-order chi connectivity index (χ1) is 37.6. The molecule has 0 spiro atoms. The number of esters is 1. The van der Waals surface area contributed by atoms with Crippen LogP contribution in [0.15, 0.2) is 85.1 Å². The molecule has 2 saturated heterocycles. The fourth-order valence-corrected chi connectivity index (χ4v) is 10.1. The van der Waals surface area contributed by atoms with Gasteiger partial charge in [0.15, 0.2) is 24.7 Å². The van der Waals surface area contributed by atoms with Gasteiger partial charge < -0.3 is 49.3 Å². The van der Waals surface area contributed by atoms with Crippen molar-refractivity contribution < 1.29 is 62.0 Å².